The van der Waals surface area contributed by atoms with E-state index in [1.807, 2.05) is 17.0 Å². The zero-order valence-electron chi connectivity index (χ0n) is 15.2. The van der Waals surface area contributed by atoms with E-state index in [9.17, 15) is 4.79 Å². The molecule has 0 aliphatic carbocycles. The normalized spacial score (nSPS) is 14.1. The van der Waals surface area contributed by atoms with Gasteiger partial charge in [0.15, 0.2) is 0 Å². The molecule has 0 spiro atoms. The Balaban J connectivity index is 1.66. The van der Waals surface area contributed by atoms with Crippen molar-refractivity contribution in [1.82, 2.24) is 9.97 Å². The van der Waals surface area contributed by atoms with Gasteiger partial charge in [-0.1, -0.05) is 6.07 Å². The fourth-order valence-electron chi connectivity index (χ4n) is 3.37. The van der Waals surface area contributed by atoms with Crippen molar-refractivity contribution in [3.8, 4) is 21.8 Å². The molecule has 5 nitrogen and oxygen atoms in total. The second kappa shape index (κ2) is 7.98. The van der Waals surface area contributed by atoms with E-state index in [1.165, 1.54) is 5.56 Å². The molecule has 138 valence electrons. The van der Waals surface area contributed by atoms with Gasteiger partial charge in [-0.05, 0) is 42.7 Å². The van der Waals surface area contributed by atoms with Crippen LogP contribution in [0.5, 0.6) is 0 Å². The van der Waals surface area contributed by atoms with Crippen LogP contribution in [0.4, 0.5) is 5.69 Å². The van der Waals surface area contributed by atoms with Gasteiger partial charge in [0.1, 0.15) is 5.01 Å². The van der Waals surface area contributed by atoms with Crippen molar-refractivity contribution in [2.24, 2.45) is 0 Å². The van der Waals surface area contributed by atoms with Gasteiger partial charge in [-0.15, -0.1) is 11.3 Å². The monoisotopic (exact) mass is 379 g/mol. The number of benzene rings is 1. The van der Waals surface area contributed by atoms with Crippen LogP contribution in [0.15, 0.2) is 48.1 Å². The highest BCUT2D eigenvalue weighted by molar-refractivity contribution is 7.13. The number of rotatable bonds is 5. The number of aromatic nitrogens is 2. The number of ether oxygens (including phenoxy) is 1. The van der Waals surface area contributed by atoms with Gasteiger partial charge in [-0.2, -0.15) is 0 Å². The molecule has 27 heavy (non-hydrogen) atoms. The Hall–Kier alpha value is -2.57. The zero-order chi connectivity index (χ0) is 18.6. The molecule has 3 heterocycles. The van der Waals surface area contributed by atoms with E-state index >= 15 is 0 Å². The third-order valence-corrected chi connectivity index (χ3v) is 5.65. The third-order valence-electron chi connectivity index (χ3n) is 4.75. The Bertz CT molecular complexity index is 940. The fraction of sp³-hybridized carbons (Fsp3) is 0.286. The zero-order valence-corrected chi connectivity index (χ0v) is 16.0. The highest BCUT2D eigenvalue weighted by Gasteiger charge is 2.22. The number of aryl methyl sites for hydroxylation is 1. The highest BCUT2D eigenvalue weighted by Crippen LogP contribution is 2.33. The van der Waals surface area contributed by atoms with Crippen LogP contribution in [-0.2, 0) is 16.0 Å². The minimum absolute atomic E-state index is 0.173. The smallest absolute Gasteiger partial charge is 0.227 e. The first-order chi connectivity index (χ1) is 13.3. The number of hydrogen-bond donors (Lipinski definition) is 0. The van der Waals surface area contributed by atoms with Crippen molar-refractivity contribution < 1.29 is 9.53 Å². The molecule has 1 aromatic carbocycles. The first-order valence-corrected chi connectivity index (χ1v) is 9.93. The number of carbonyl (C=O) groups is 1. The van der Waals surface area contributed by atoms with Crippen molar-refractivity contribution in [2.75, 3.05) is 25.2 Å². The van der Waals surface area contributed by atoms with E-state index in [0.29, 0.717) is 19.6 Å². The molecule has 0 fully saturated rings. The van der Waals surface area contributed by atoms with E-state index in [-0.39, 0.29) is 5.91 Å². The standard InChI is InChI=1S/C21H21N3O2S/c1-26-12-11-24-19-6-5-16(13-17(19)3-2-4-20(24)25)18-14-27-21(23-18)15-7-9-22-10-8-15/h5-10,13-14H,2-4,11-12H2,1H3. The number of fused-ring (bicyclic) bond motifs is 1. The molecule has 3 aromatic rings. The average molecular weight is 379 g/mol. The number of pyridine rings is 1. The molecule has 2 aromatic heterocycles. The molecule has 0 atom stereocenters. The summed E-state index contributed by atoms with van der Waals surface area (Å²) in [5.74, 6) is 0.173. The van der Waals surface area contributed by atoms with Gasteiger partial charge in [0.25, 0.3) is 0 Å². The summed E-state index contributed by atoms with van der Waals surface area (Å²) in [7, 11) is 1.66. The van der Waals surface area contributed by atoms with E-state index in [0.717, 1.165) is 40.4 Å². The Morgan fingerprint density at radius 3 is 2.81 bits per heavy atom. The molecule has 1 aliphatic heterocycles. The van der Waals surface area contributed by atoms with E-state index < -0.39 is 0 Å². The fourth-order valence-corrected chi connectivity index (χ4v) is 4.20. The first kappa shape index (κ1) is 17.8. The second-order valence-corrected chi connectivity index (χ2v) is 7.37. The van der Waals surface area contributed by atoms with Gasteiger partial charge in [0.05, 0.1) is 12.3 Å². The van der Waals surface area contributed by atoms with Crippen LogP contribution >= 0.6 is 11.3 Å². The van der Waals surface area contributed by atoms with Crippen molar-refractivity contribution in [1.29, 1.82) is 0 Å². The van der Waals surface area contributed by atoms with Gasteiger partial charge in [0.2, 0.25) is 5.91 Å². The minimum Gasteiger partial charge on any atom is -0.383 e. The predicted octanol–water partition coefficient (Wildman–Crippen LogP) is 4.19. The lowest BCUT2D eigenvalue weighted by Gasteiger charge is -2.23. The SMILES string of the molecule is COCCN1C(=O)CCCc2cc(-c3csc(-c4ccncc4)n3)ccc21. The number of hydrogen-bond acceptors (Lipinski definition) is 5. The Morgan fingerprint density at radius 2 is 2.00 bits per heavy atom. The molecule has 0 N–H and O–H groups in total. The molecule has 4 rings (SSSR count). The number of methoxy groups -OCH3 is 1. The van der Waals surface area contributed by atoms with Crippen molar-refractivity contribution in [3.05, 3.63) is 53.7 Å². The number of amides is 1. The topological polar surface area (TPSA) is 55.3 Å². The molecule has 0 radical (unpaired) electrons. The largest absolute Gasteiger partial charge is 0.383 e. The number of nitrogens with zero attached hydrogens (tertiary/aromatic N) is 3. The first-order valence-electron chi connectivity index (χ1n) is 9.05. The number of carbonyl (C=O) groups excluding carboxylic acids is 1. The summed E-state index contributed by atoms with van der Waals surface area (Å²) in [4.78, 5) is 23.2. The summed E-state index contributed by atoms with van der Waals surface area (Å²) < 4.78 is 5.18. The molecule has 1 amide bonds. The van der Waals surface area contributed by atoms with Crippen LogP contribution in [0.25, 0.3) is 21.8 Å². The van der Waals surface area contributed by atoms with Crippen LogP contribution in [0.1, 0.15) is 18.4 Å². The predicted molar refractivity (Wildman–Crippen MR) is 108 cm³/mol. The van der Waals surface area contributed by atoms with E-state index in [4.69, 9.17) is 9.72 Å². The van der Waals surface area contributed by atoms with E-state index in [2.05, 4.69) is 28.6 Å². The van der Waals surface area contributed by atoms with Crippen LogP contribution < -0.4 is 4.90 Å². The maximum absolute atomic E-state index is 12.5. The Kier molecular flexibility index (Phi) is 5.27. The molecule has 6 heteroatoms. The van der Waals surface area contributed by atoms with Crippen LogP contribution in [0, 0.1) is 0 Å². The summed E-state index contributed by atoms with van der Waals surface area (Å²) >= 11 is 1.63. The number of thiazole rings is 1. The maximum Gasteiger partial charge on any atom is 0.227 e. The molecule has 1 aliphatic rings. The Labute approximate surface area is 162 Å². The van der Waals surface area contributed by atoms with Gasteiger partial charge in [-0.25, -0.2) is 4.98 Å². The lowest BCUT2D eigenvalue weighted by molar-refractivity contribution is -0.118. The second-order valence-electron chi connectivity index (χ2n) is 6.51. The molecule has 0 bridgehead atoms. The summed E-state index contributed by atoms with van der Waals surface area (Å²) in [6.07, 6.45) is 5.92. The minimum atomic E-state index is 0.173. The molecule has 0 saturated carbocycles. The van der Waals surface area contributed by atoms with Crippen LogP contribution in [0.2, 0.25) is 0 Å². The van der Waals surface area contributed by atoms with Gasteiger partial charge < -0.3 is 9.64 Å². The van der Waals surface area contributed by atoms with Crippen LogP contribution in [-0.4, -0.2) is 36.1 Å². The van der Waals surface area contributed by atoms with Gasteiger partial charge >= 0.3 is 0 Å². The number of anilines is 1. The van der Waals surface area contributed by atoms with Crippen LogP contribution in [0.3, 0.4) is 0 Å². The summed E-state index contributed by atoms with van der Waals surface area (Å²) in [5.41, 5.74) is 5.34. The quantitative estimate of drug-likeness (QED) is 0.667. The van der Waals surface area contributed by atoms with E-state index in [1.54, 1.807) is 30.8 Å². The van der Waals surface area contributed by atoms with Gasteiger partial charge in [-0.3, -0.25) is 9.78 Å². The van der Waals surface area contributed by atoms with Crippen molar-refractivity contribution in [3.63, 3.8) is 0 Å². The lowest BCUT2D eigenvalue weighted by Crippen LogP contribution is -2.33. The maximum atomic E-state index is 12.5. The average Bonchev–Trinajstić information content (AvgIpc) is 3.14. The summed E-state index contributed by atoms with van der Waals surface area (Å²) in [6.45, 7) is 1.12. The molecular formula is C21H21N3O2S. The Morgan fingerprint density at radius 1 is 1.15 bits per heavy atom. The summed E-state index contributed by atoms with van der Waals surface area (Å²) in [6, 6.07) is 10.2. The molecule has 0 saturated heterocycles. The molecule has 0 unspecified atom stereocenters. The lowest BCUT2D eigenvalue weighted by atomic mass is 10.0. The van der Waals surface area contributed by atoms with Gasteiger partial charge in [0, 0.05) is 54.7 Å². The van der Waals surface area contributed by atoms with Crippen molar-refractivity contribution in [2.45, 2.75) is 19.3 Å². The molecular weight excluding hydrogens is 358 g/mol. The third kappa shape index (κ3) is 3.77. The highest BCUT2D eigenvalue weighted by atomic mass is 32.1. The summed E-state index contributed by atoms with van der Waals surface area (Å²) in [5, 5.41) is 3.07. The van der Waals surface area contributed by atoms with Crippen molar-refractivity contribution >= 4 is 22.9 Å².